The van der Waals surface area contributed by atoms with Crippen molar-refractivity contribution in [2.45, 2.75) is 12.0 Å². The molecule has 52 heavy (non-hydrogen) atoms. The molecule has 2 heteroatoms. The summed E-state index contributed by atoms with van der Waals surface area (Å²) in [5.74, 6) is 1.05. The van der Waals surface area contributed by atoms with Crippen LogP contribution in [0.2, 0.25) is 0 Å². The molecule has 1 aliphatic heterocycles. The van der Waals surface area contributed by atoms with Crippen molar-refractivity contribution >= 4 is 44.2 Å². The fourth-order valence-electron chi connectivity index (χ4n) is 8.22. The topological polar surface area (TPSA) is 12.5 Å². The highest BCUT2D eigenvalue weighted by Crippen LogP contribution is 2.53. The lowest BCUT2D eigenvalue weighted by Crippen LogP contribution is -2.21. The van der Waals surface area contributed by atoms with Gasteiger partial charge >= 0.3 is 0 Å². The molecule has 0 aromatic heterocycles. The molecule has 8 aromatic rings. The van der Waals surface area contributed by atoms with Crippen LogP contribution in [0.15, 0.2) is 200 Å². The molecule has 0 amide bonds. The average Bonchev–Trinajstić information content (AvgIpc) is 3.61. The van der Waals surface area contributed by atoms with Crippen LogP contribution in [0.4, 0.5) is 17.1 Å². The summed E-state index contributed by atoms with van der Waals surface area (Å²) in [6, 6.07) is 65.4. The normalized spacial score (nSPS) is 15.9. The van der Waals surface area contributed by atoms with Crippen LogP contribution in [0, 0.1) is 0 Å². The van der Waals surface area contributed by atoms with Crippen molar-refractivity contribution in [1.82, 2.24) is 0 Å². The summed E-state index contributed by atoms with van der Waals surface area (Å²) in [7, 11) is 0. The number of para-hydroxylation sites is 1. The maximum absolute atomic E-state index is 7.08. The zero-order valence-corrected chi connectivity index (χ0v) is 28.6. The highest BCUT2D eigenvalue weighted by Gasteiger charge is 2.39. The van der Waals surface area contributed by atoms with E-state index in [0.29, 0.717) is 0 Å². The van der Waals surface area contributed by atoms with Crippen LogP contribution < -0.4 is 9.64 Å². The Kier molecular flexibility index (Phi) is 7.32. The molecule has 0 N–H and O–H groups in total. The second-order valence-electron chi connectivity index (χ2n) is 13.6. The standard InChI is InChI=1S/C50H35NO/c1-4-16-34(17-5-1)36-20-14-21-37(32-36)40-28-15-29-45-46-33-48(43-26-12-13-27-44(43)50(46)52-49(40)45)51(38-22-8-3-9-23-38)47-31-30-39(35-18-6-2-7-19-35)41-24-10-11-25-42(41)47/h1-33,45,49H. The van der Waals surface area contributed by atoms with Crippen LogP contribution in [0.5, 0.6) is 5.75 Å². The van der Waals surface area contributed by atoms with Crippen LogP contribution in [-0.2, 0) is 0 Å². The first kappa shape index (κ1) is 30.2. The van der Waals surface area contributed by atoms with Gasteiger partial charge in [0.15, 0.2) is 0 Å². The number of rotatable bonds is 6. The van der Waals surface area contributed by atoms with Crippen molar-refractivity contribution < 1.29 is 4.74 Å². The van der Waals surface area contributed by atoms with E-state index in [1.54, 1.807) is 0 Å². The van der Waals surface area contributed by atoms with Crippen LogP contribution in [0.1, 0.15) is 17.0 Å². The van der Waals surface area contributed by atoms with Gasteiger partial charge in [-0.3, -0.25) is 0 Å². The SMILES string of the molecule is C1=CC2c3cc(N(c4ccccc4)c4ccc(-c5ccccc5)c5ccccc45)c4ccccc4c3OC2C(c2cccc(-c3ccccc3)c2)=C1. The molecule has 0 radical (unpaired) electrons. The molecule has 2 unspecified atom stereocenters. The number of hydrogen-bond acceptors (Lipinski definition) is 2. The molecule has 0 bridgehead atoms. The summed E-state index contributed by atoms with van der Waals surface area (Å²) >= 11 is 0. The van der Waals surface area contributed by atoms with Gasteiger partial charge in [0, 0.05) is 38.9 Å². The molecule has 1 heterocycles. The van der Waals surface area contributed by atoms with Gasteiger partial charge in [0.2, 0.25) is 0 Å². The zero-order valence-electron chi connectivity index (χ0n) is 28.6. The van der Waals surface area contributed by atoms with E-state index in [1.807, 2.05) is 0 Å². The Hall–Kier alpha value is -6.64. The van der Waals surface area contributed by atoms with Gasteiger partial charge in [-0.1, -0.05) is 170 Å². The number of allylic oxidation sites excluding steroid dienone is 2. The van der Waals surface area contributed by atoms with Crippen molar-refractivity contribution in [2.75, 3.05) is 4.90 Å². The summed E-state index contributed by atoms with van der Waals surface area (Å²) in [6.07, 6.45) is 6.64. The van der Waals surface area contributed by atoms with E-state index >= 15 is 0 Å². The molecule has 0 fully saturated rings. The second kappa shape index (κ2) is 12.6. The third-order valence-corrected chi connectivity index (χ3v) is 10.6. The zero-order chi connectivity index (χ0) is 34.4. The highest BCUT2D eigenvalue weighted by molar-refractivity contribution is 6.10. The third kappa shape index (κ3) is 5.03. The molecular formula is C50H35NO. The fraction of sp³-hybridized carbons (Fsp3) is 0.0400. The summed E-state index contributed by atoms with van der Waals surface area (Å²) in [4.78, 5) is 2.44. The maximum atomic E-state index is 7.08. The molecule has 2 aliphatic rings. The van der Waals surface area contributed by atoms with Crippen molar-refractivity contribution in [3.8, 4) is 28.0 Å². The van der Waals surface area contributed by atoms with Gasteiger partial charge in [-0.25, -0.2) is 0 Å². The predicted octanol–water partition coefficient (Wildman–Crippen LogP) is 13.3. The van der Waals surface area contributed by atoms with Crippen molar-refractivity contribution in [2.24, 2.45) is 0 Å². The van der Waals surface area contributed by atoms with E-state index < -0.39 is 0 Å². The first-order chi connectivity index (χ1) is 25.8. The molecule has 1 aliphatic carbocycles. The molecule has 8 aromatic carbocycles. The number of fused-ring (bicyclic) bond motifs is 6. The Morgan fingerprint density at radius 1 is 0.442 bits per heavy atom. The number of benzene rings is 8. The number of anilines is 3. The van der Waals surface area contributed by atoms with Crippen LogP contribution >= 0.6 is 0 Å². The monoisotopic (exact) mass is 665 g/mol. The molecule has 0 saturated carbocycles. The largest absolute Gasteiger partial charge is 0.484 e. The van der Waals surface area contributed by atoms with Crippen molar-refractivity contribution in [1.29, 1.82) is 0 Å². The van der Waals surface area contributed by atoms with Gasteiger partial charge < -0.3 is 9.64 Å². The minimum Gasteiger partial charge on any atom is -0.484 e. The van der Waals surface area contributed by atoms with Gasteiger partial charge in [0.25, 0.3) is 0 Å². The average molecular weight is 666 g/mol. The first-order valence-electron chi connectivity index (χ1n) is 18.0. The van der Waals surface area contributed by atoms with Crippen molar-refractivity contribution in [3.05, 3.63) is 211 Å². The lowest BCUT2D eigenvalue weighted by atomic mass is 9.83. The quantitative estimate of drug-likeness (QED) is 0.175. The number of hydrogen-bond donors (Lipinski definition) is 0. The maximum Gasteiger partial charge on any atom is 0.135 e. The van der Waals surface area contributed by atoms with Crippen LogP contribution in [0.25, 0.3) is 49.4 Å². The lowest BCUT2D eigenvalue weighted by Gasteiger charge is -2.29. The Bertz CT molecular complexity index is 2660. The van der Waals surface area contributed by atoms with Crippen LogP contribution in [0.3, 0.4) is 0 Å². The molecule has 0 saturated heterocycles. The molecule has 0 spiro atoms. The minimum atomic E-state index is -0.124. The Labute approximate surface area is 304 Å². The van der Waals surface area contributed by atoms with Gasteiger partial charge in [-0.15, -0.1) is 0 Å². The van der Waals surface area contributed by atoms with Crippen LogP contribution in [-0.4, -0.2) is 6.10 Å². The van der Waals surface area contributed by atoms with Gasteiger partial charge in [-0.2, -0.15) is 0 Å². The number of nitrogens with zero attached hydrogens (tertiary/aromatic N) is 1. The van der Waals surface area contributed by atoms with E-state index in [9.17, 15) is 0 Å². The Balaban J connectivity index is 1.14. The van der Waals surface area contributed by atoms with E-state index in [4.69, 9.17) is 4.74 Å². The summed E-state index contributed by atoms with van der Waals surface area (Å²) in [5, 5.41) is 4.71. The molecular weight excluding hydrogens is 631 g/mol. The highest BCUT2D eigenvalue weighted by atomic mass is 16.5. The summed E-state index contributed by atoms with van der Waals surface area (Å²) in [5.41, 5.74) is 11.8. The van der Waals surface area contributed by atoms with E-state index in [2.05, 4.69) is 205 Å². The summed E-state index contributed by atoms with van der Waals surface area (Å²) in [6.45, 7) is 0. The Morgan fingerprint density at radius 3 is 1.79 bits per heavy atom. The predicted molar refractivity (Wildman–Crippen MR) is 218 cm³/mol. The van der Waals surface area contributed by atoms with E-state index in [1.165, 1.54) is 49.7 Å². The second-order valence-corrected chi connectivity index (χ2v) is 13.6. The van der Waals surface area contributed by atoms with E-state index in [0.717, 1.165) is 33.6 Å². The van der Waals surface area contributed by atoms with Gasteiger partial charge in [-0.05, 0) is 63.5 Å². The molecule has 10 rings (SSSR count). The number of ether oxygens (including phenoxy) is 1. The molecule has 2 atom stereocenters. The molecule has 246 valence electrons. The smallest absolute Gasteiger partial charge is 0.135 e. The van der Waals surface area contributed by atoms with Gasteiger partial charge in [0.1, 0.15) is 11.9 Å². The fourth-order valence-corrected chi connectivity index (χ4v) is 8.22. The Morgan fingerprint density at radius 2 is 1.04 bits per heavy atom. The summed E-state index contributed by atoms with van der Waals surface area (Å²) < 4.78 is 7.08. The van der Waals surface area contributed by atoms with Gasteiger partial charge in [0.05, 0.1) is 11.4 Å². The first-order valence-corrected chi connectivity index (χ1v) is 18.0. The van der Waals surface area contributed by atoms with Crippen molar-refractivity contribution in [3.63, 3.8) is 0 Å². The van der Waals surface area contributed by atoms with E-state index in [-0.39, 0.29) is 12.0 Å². The lowest BCUT2D eigenvalue weighted by molar-refractivity contribution is 0.281. The minimum absolute atomic E-state index is 0.0774. The molecule has 2 nitrogen and oxygen atoms in total. The third-order valence-electron chi connectivity index (χ3n) is 10.6.